The number of fused-ring (bicyclic) bond motifs is 1. The van der Waals surface area contributed by atoms with Crippen LogP contribution in [0.1, 0.15) is 43.5 Å². The Morgan fingerprint density at radius 1 is 1.06 bits per heavy atom. The number of rotatable bonds is 7. The second-order valence-electron chi connectivity index (χ2n) is 9.10. The van der Waals surface area contributed by atoms with Crippen LogP contribution in [0.2, 0.25) is 5.02 Å². The van der Waals surface area contributed by atoms with E-state index in [4.69, 9.17) is 21.1 Å². The van der Waals surface area contributed by atoms with Crippen molar-refractivity contribution in [2.45, 2.75) is 45.2 Å². The van der Waals surface area contributed by atoms with Gasteiger partial charge in [0.05, 0.1) is 0 Å². The van der Waals surface area contributed by atoms with Gasteiger partial charge in [0, 0.05) is 35.4 Å². The van der Waals surface area contributed by atoms with Crippen LogP contribution in [0, 0.1) is 5.92 Å². The third-order valence-corrected chi connectivity index (χ3v) is 6.81. The van der Waals surface area contributed by atoms with E-state index in [0.717, 1.165) is 6.42 Å². The van der Waals surface area contributed by atoms with E-state index in [1.165, 1.54) is 0 Å². The second kappa shape index (κ2) is 11.5. The summed E-state index contributed by atoms with van der Waals surface area (Å²) in [4.78, 5) is 40.7. The van der Waals surface area contributed by atoms with Crippen molar-refractivity contribution in [1.82, 2.24) is 15.5 Å². The molecule has 2 atom stereocenters. The van der Waals surface area contributed by atoms with Gasteiger partial charge in [-0.3, -0.25) is 9.59 Å². The van der Waals surface area contributed by atoms with Gasteiger partial charge in [0.15, 0.2) is 11.5 Å². The van der Waals surface area contributed by atoms with Gasteiger partial charge in [-0.25, -0.2) is 4.79 Å². The number of hydrogen-bond donors (Lipinski definition) is 3. The van der Waals surface area contributed by atoms with Crippen LogP contribution < -0.4 is 25.4 Å². The van der Waals surface area contributed by atoms with Crippen molar-refractivity contribution in [2.24, 2.45) is 5.92 Å². The van der Waals surface area contributed by atoms with Crippen molar-refractivity contribution in [1.29, 1.82) is 0 Å². The number of anilines is 1. The molecule has 0 radical (unpaired) electrons. The molecule has 0 aliphatic carbocycles. The Hall–Kier alpha value is -3.46. The van der Waals surface area contributed by atoms with E-state index >= 15 is 0 Å². The lowest BCUT2D eigenvalue weighted by Gasteiger charge is -2.36. The van der Waals surface area contributed by atoms with Gasteiger partial charge < -0.3 is 30.3 Å². The predicted octanol–water partition coefficient (Wildman–Crippen LogP) is 4.03. The molecular weight excluding hydrogens is 484 g/mol. The molecule has 3 N–H and O–H groups in total. The molecule has 0 unspecified atom stereocenters. The van der Waals surface area contributed by atoms with Gasteiger partial charge in [-0.05, 0) is 68.5 Å². The second-order valence-corrected chi connectivity index (χ2v) is 9.54. The van der Waals surface area contributed by atoms with Crippen LogP contribution in [-0.2, 0) is 4.79 Å². The van der Waals surface area contributed by atoms with Crippen LogP contribution in [0.25, 0.3) is 0 Å². The molecule has 4 amide bonds. The van der Waals surface area contributed by atoms with Crippen molar-refractivity contribution in [2.75, 3.05) is 25.2 Å². The number of halogens is 1. The first-order chi connectivity index (χ1) is 17.3. The highest BCUT2D eigenvalue weighted by Crippen LogP contribution is 2.32. The number of carbonyl (C=O) groups excluding carboxylic acids is 3. The zero-order chi connectivity index (χ0) is 25.7. The first-order valence-electron chi connectivity index (χ1n) is 12.2. The summed E-state index contributed by atoms with van der Waals surface area (Å²) in [6, 6.07) is 11.0. The van der Waals surface area contributed by atoms with E-state index in [1.807, 2.05) is 13.8 Å². The number of piperidine rings is 1. The monoisotopic (exact) mass is 514 g/mol. The zero-order valence-corrected chi connectivity index (χ0v) is 21.1. The van der Waals surface area contributed by atoms with E-state index in [-0.39, 0.29) is 36.6 Å². The largest absolute Gasteiger partial charge is 0.454 e. The maximum absolute atomic E-state index is 13.2. The number of nitrogens with zero attached hydrogens (tertiary/aromatic N) is 1. The molecule has 0 spiro atoms. The summed E-state index contributed by atoms with van der Waals surface area (Å²) in [5.74, 6) is 0.379. The predicted molar refractivity (Wildman–Crippen MR) is 136 cm³/mol. The van der Waals surface area contributed by atoms with Gasteiger partial charge >= 0.3 is 6.03 Å². The minimum absolute atomic E-state index is 0.0222. The van der Waals surface area contributed by atoms with E-state index in [9.17, 15) is 14.4 Å². The Morgan fingerprint density at radius 3 is 2.53 bits per heavy atom. The lowest BCUT2D eigenvalue weighted by Crippen LogP contribution is -2.55. The van der Waals surface area contributed by atoms with Crippen LogP contribution in [0.5, 0.6) is 11.5 Å². The van der Waals surface area contributed by atoms with Crippen molar-refractivity contribution in [3.8, 4) is 11.5 Å². The maximum atomic E-state index is 13.2. The average molecular weight is 515 g/mol. The lowest BCUT2D eigenvalue weighted by atomic mass is 9.88. The van der Waals surface area contributed by atoms with E-state index in [1.54, 1.807) is 47.4 Å². The highest BCUT2D eigenvalue weighted by Gasteiger charge is 2.34. The average Bonchev–Trinajstić information content (AvgIpc) is 3.35. The molecule has 1 fully saturated rings. The quantitative estimate of drug-likeness (QED) is 0.517. The fourth-order valence-electron chi connectivity index (χ4n) is 4.30. The van der Waals surface area contributed by atoms with E-state index in [2.05, 4.69) is 16.0 Å². The summed E-state index contributed by atoms with van der Waals surface area (Å²) in [5, 5.41) is 9.33. The Kier molecular flexibility index (Phi) is 8.20. The molecule has 2 aliphatic heterocycles. The lowest BCUT2D eigenvalue weighted by molar-refractivity contribution is -0.125. The Labute approximate surface area is 215 Å². The van der Waals surface area contributed by atoms with Crippen molar-refractivity contribution >= 4 is 35.1 Å². The molecule has 10 heteroatoms. The summed E-state index contributed by atoms with van der Waals surface area (Å²) in [5.41, 5.74) is 1.01. The van der Waals surface area contributed by atoms with Crippen LogP contribution in [0.4, 0.5) is 10.5 Å². The molecule has 0 aromatic heterocycles. The number of benzene rings is 2. The molecule has 2 aromatic rings. The number of ether oxygens (including phenoxy) is 2. The highest BCUT2D eigenvalue weighted by atomic mass is 35.5. The molecule has 2 heterocycles. The Bertz CT molecular complexity index is 1120. The van der Waals surface area contributed by atoms with Crippen LogP contribution in [0.3, 0.4) is 0 Å². The molecule has 4 rings (SSSR count). The van der Waals surface area contributed by atoms with Gasteiger partial charge in [0.1, 0.15) is 6.04 Å². The standard InChI is InChI=1S/C26H31ClN4O5/c1-3-16(2)28-25(33)23(30-24(32)18-7-8-21-22(13-18)36-15-35-21)17-9-11-31(12-10-17)26(34)29-20-6-4-5-19(27)14-20/h4-8,13-14,16-17,23H,3,9-12,15H2,1-2H3,(H,28,33)(H,29,34)(H,30,32)/t16-,23+/m1/s1. The molecule has 0 bridgehead atoms. The van der Waals surface area contributed by atoms with E-state index < -0.39 is 6.04 Å². The molecule has 2 aromatic carbocycles. The summed E-state index contributed by atoms with van der Waals surface area (Å²) >= 11 is 6.01. The number of amides is 4. The number of urea groups is 1. The van der Waals surface area contributed by atoms with Gasteiger partial charge in [-0.2, -0.15) is 0 Å². The smallest absolute Gasteiger partial charge is 0.321 e. The van der Waals surface area contributed by atoms with Gasteiger partial charge in [-0.15, -0.1) is 0 Å². The summed E-state index contributed by atoms with van der Waals surface area (Å²) in [7, 11) is 0. The number of hydrogen-bond acceptors (Lipinski definition) is 5. The molecule has 9 nitrogen and oxygen atoms in total. The molecule has 0 saturated carbocycles. The molecule has 2 aliphatic rings. The summed E-state index contributed by atoms with van der Waals surface area (Å²) in [6.45, 7) is 4.96. The first-order valence-corrected chi connectivity index (χ1v) is 12.5. The Balaban J connectivity index is 1.41. The Morgan fingerprint density at radius 2 is 1.81 bits per heavy atom. The fourth-order valence-corrected chi connectivity index (χ4v) is 4.49. The van der Waals surface area contributed by atoms with Gasteiger partial charge in [0.25, 0.3) is 5.91 Å². The molecule has 192 valence electrons. The third-order valence-electron chi connectivity index (χ3n) is 6.58. The number of likely N-dealkylation sites (tertiary alicyclic amines) is 1. The molecular formula is C26H31ClN4O5. The third kappa shape index (κ3) is 6.20. The summed E-state index contributed by atoms with van der Waals surface area (Å²) < 4.78 is 10.7. The van der Waals surface area contributed by atoms with E-state index in [0.29, 0.717) is 53.7 Å². The highest BCUT2D eigenvalue weighted by molar-refractivity contribution is 6.30. The van der Waals surface area contributed by atoms with Crippen LogP contribution in [0.15, 0.2) is 42.5 Å². The van der Waals surface area contributed by atoms with Gasteiger partial charge in [0.2, 0.25) is 12.7 Å². The zero-order valence-electron chi connectivity index (χ0n) is 20.4. The van der Waals surface area contributed by atoms with Crippen LogP contribution >= 0.6 is 11.6 Å². The minimum atomic E-state index is -0.727. The molecule has 1 saturated heterocycles. The fraction of sp³-hybridized carbons (Fsp3) is 0.423. The van der Waals surface area contributed by atoms with Crippen molar-refractivity contribution in [3.63, 3.8) is 0 Å². The summed E-state index contributed by atoms with van der Waals surface area (Å²) in [6.07, 6.45) is 1.92. The van der Waals surface area contributed by atoms with Crippen molar-refractivity contribution in [3.05, 3.63) is 53.1 Å². The first kappa shape index (κ1) is 25.6. The number of carbonyl (C=O) groups is 3. The van der Waals surface area contributed by atoms with Gasteiger partial charge in [-0.1, -0.05) is 24.6 Å². The normalized spacial score (nSPS) is 16.7. The number of nitrogens with one attached hydrogen (secondary N) is 3. The maximum Gasteiger partial charge on any atom is 0.321 e. The molecule has 36 heavy (non-hydrogen) atoms. The van der Waals surface area contributed by atoms with Crippen LogP contribution in [-0.4, -0.2) is 54.7 Å². The minimum Gasteiger partial charge on any atom is -0.454 e. The topological polar surface area (TPSA) is 109 Å². The SMILES string of the molecule is CC[C@@H](C)NC(=O)[C@@H](NC(=O)c1ccc2c(c1)OCO2)C1CCN(C(=O)Nc2cccc(Cl)c2)CC1. The van der Waals surface area contributed by atoms with Crippen molar-refractivity contribution < 1.29 is 23.9 Å².